The minimum Gasteiger partial charge on any atom is -0.477 e. The Morgan fingerprint density at radius 3 is 1.98 bits per heavy atom. The molecule has 262 valence electrons. The molecule has 0 aliphatic rings. The molecule has 8 rings (SSSR count). The maximum Gasteiger partial charge on any atom is 0.354 e. The van der Waals surface area contributed by atoms with Gasteiger partial charge in [0.25, 0.3) is 0 Å². The molecule has 0 aliphatic heterocycles. The molecule has 0 amide bonds. The Balaban J connectivity index is 1.23. The first-order valence-electron chi connectivity index (χ1n) is 17.5. The lowest BCUT2D eigenvalue weighted by Crippen LogP contribution is -2.39. The molecule has 0 bridgehead atoms. The molecule has 9 nitrogen and oxygen atoms in total. The summed E-state index contributed by atoms with van der Waals surface area (Å²) in [4.78, 5) is 18.5. The van der Waals surface area contributed by atoms with Gasteiger partial charge in [-0.3, -0.25) is 0 Å². The van der Waals surface area contributed by atoms with E-state index in [0.717, 1.165) is 55.5 Å². The van der Waals surface area contributed by atoms with E-state index in [1.165, 1.54) is 0 Å². The number of furan rings is 1. The fourth-order valence-electron chi connectivity index (χ4n) is 7.28. The van der Waals surface area contributed by atoms with Crippen LogP contribution < -0.4 is 0 Å². The van der Waals surface area contributed by atoms with Gasteiger partial charge in [0.2, 0.25) is 5.82 Å². The third-order valence-corrected chi connectivity index (χ3v) is 10.4. The zero-order valence-electron chi connectivity index (χ0n) is 29.1. The van der Waals surface area contributed by atoms with Crippen LogP contribution in [0.1, 0.15) is 57.6 Å². The number of imidazole rings is 1. The van der Waals surface area contributed by atoms with Gasteiger partial charge >= 0.3 is 5.97 Å². The number of fused-ring (bicyclic) bond motifs is 1. The molecular formula is C43H35BrN6O3. The van der Waals surface area contributed by atoms with E-state index in [0.29, 0.717) is 35.8 Å². The van der Waals surface area contributed by atoms with E-state index in [9.17, 15) is 9.90 Å². The van der Waals surface area contributed by atoms with Gasteiger partial charge in [-0.15, -0.1) is 15.0 Å². The third kappa shape index (κ3) is 5.94. The molecule has 0 saturated carbocycles. The second-order valence-corrected chi connectivity index (χ2v) is 13.7. The molecule has 5 aromatic carbocycles. The Kier molecular flexibility index (Phi) is 9.05. The SMILES string of the molecule is CCCc1nc(C)c(C(=O)O)n1Cc1ccc2oc(-c3ccccc3-c3nnn(C(c4ccccc4)(c4ccccc4)c4ccccc4)n3)c(Br)c2c1. The van der Waals surface area contributed by atoms with Crippen LogP contribution in [-0.2, 0) is 18.5 Å². The highest BCUT2D eigenvalue weighted by Crippen LogP contribution is 2.43. The van der Waals surface area contributed by atoms with Gasteiger partial charge < -0.3 is 14.1 Å². The summed E-state index contributed by atoms with van der Waals surface area (Å²) >= 11 is 3.86. The van der Waals surface area contributed by atoms with E-state index < -0.39 is 11.5 Å². The molecule has 53 heavy (non-hydrogen) atoms. The van der Waals surface area contributed by atoms with E-state index in [2.05, 4.69) is 64.2 Å². The first-order valence-corrected chi connectivity index (χ1v) is 18.3. The molecule has 0 fully saturated rings. The predicted molar refractivity (Wildman–Crippen MR) is 208 cm³/mol. The van der Waals surface area contributed by atoms with Gasteiger partial charge in [0.1, 0.15) is 17.2 Å². The van der Waals surface area contributed by atoms with E-state index in [4.69, 9.17) is 19.8 Å². The van der Waals surface area contributed by atoms with E-state index in [1.54, 1.807) is 11.7 Å². The number of carboxylic acid groups (broad SMARTS) is 1. The minimum atomic E-state index is -0.985. The van der Waals surface area contributed by atoms with Gasteiger partial charge in [-0.05, 0) is 68.9 Å². The summed E-state index contributed by atoms with van der Waals surface area (Å²) in [5, 5.41) is 25.4. The number of rotatable bonds is 11. The summed E-state index contributed by atoms with van der Waals surface area (Å²) in [5.74, 6) is 0.850. The van der Waals surface area contributed by atoms with Gasteiger partial charge in [-0.25, -0.2) is 9.78 Å². The number of benzene rings is 5. The second-order valence-electron chi connectivity index (χ2n) is 12.9. The first kappa shape index (κ1) is 34.0. The Bertz CT molecular complexity index is 2460. The molecular weight excluding hydrogens is 728 g/mol. The highest BCUT2D eigenvalue weighted by Gasteiger charge is 2.41. The number of aromatic carboxylic acids is 1. The number of aryl methyl sites for hydroxylation is 2. The van der Waals surface area contributed by atoms with Crippen LogP contribution in [0.3, 0.4) is 0 Å². The predicted octanol–water partition coefficient (Wildman–Crippen LogP) is 9.56. The van der Waals surface area contributed by atoms with Crippen LogP contribution >= 0.6 is 15.9 Å². The number of carboxylic acids is 1. The average molecular weight is 764 g/mol. The second kappa shape index (κ2) is 14.1. The van der Waals surface area contributed by atoms with Gasteiger partial charge in [-0.2, -0.15) is 0 Å². The van der Waals surface area contributed by atoms with Crippen LogP contribution in [0, 0.1) is 6.92 Å². The van der Waals surface area contributed by atoms with Gasteiger partial charge in [0.15, 0.2) is 11.2 Å². The largest absolute Gasteiger partial charge is 0.477 e. The summed E-state index contributed by atoms with van der Waals surface area (Å²) < 4.78 is 9.10. The van der Waals surface area contributed by atoms with E-state index in [-0.39, 0.29) is 5.69 Å². The van der Waals surface area contributed by atoms with Crippen molar-refractivity contribution in [3.63, 3.8) is 0 Å². The van der Waals surface area contributed by atoms with Crippen molar-refractivity contribution in [1.29, 1.82) is 0 Å². The number of halogens is 1. The van der Waals surface area contributed by atoms with Crippen molar-refractivity contribution < 1.29 is 14.3 Å². The average Bonchev–Trinajstić information content (AvgIpc) is 3.89. The molecule has 10 heteroatoms. The van der Waals surface area contributed by atoms with Crippen molar-refractivity contribution >= 4 is 32.9 Å². The Labute approximate surface area is 314 Å². The van der Waals surface area contributed by atoms with Crippen LogP contribution in [0.2, 0.25) is 0 Å². The summed E-state index contributed by atoms with van der Waals surface area (Å²) in [6.45, 7) is 4.18. The number of hydrogen-bond acceptors (Lipinski definition) is 6. The summed E-state index contributed by atoms with van der Waals surface area (Å²) in [7, 11) is 0. The molecule has 8 aromatic rings. The van der Waals surface area contributed by atoms with Gasteiger partial charge in [0.05, 0.1) is 10.2 Å². The van der Waals surface area contributed by atoms with Gasteiger partial charge in [0, 0.05) is 29.5 Å². The molecule has 3 aromatic heterocycles. The van der Waals surface area contributed by atoms with Crippen molar-refractivity contribution in [3.05, 3.63) is 177 Å². The van der Waals surface area contributed by atoms with E-state index >= 15 is 0 Å². The van der Waals surface area contributed by atoms with Crippen molar-refractivity contribution in [3.8, 4) is 22.7 Å². The third-order valence-electron chi connectivity index (χ3n) is 9.63. The first-order chi connectivity index (χ1) is 25.9. The fourth-order valence-corrected chi connectivity index (χ4v) is 7.88. The number of tetrazole rings is 1. The molecule has 0 radical (unpaired) electrons. The van der Waals surface area contributed by atoms with Crippen molar-refractivity contribution in [2.75, 3.05) is 0 Å². The van der Waals surface area contributed by atoms with Crippen molar-refractivity contribution in [2.24, 2.45) is 0 Å². The number of nitrogens with zero attached hydrogens (tertiary/aromatic N) is 6. The Morgan fingerprint density at radius 1 is 0.811 bits per heavy atom. The van der Waals surface area contributed by atoms with Crippen LogP contribution in [0.25, 0.3) is 33.7 Å². The Morgan fingerprint density at radius 2 is 1.40 bits per heavy atom. The molecule has 0 aliphatic carbocycles. The molecule has 0 saturated heterocycles. The lowest BCUT2D eigenvalue weighted by molar-refractivity contribution is 0.0684. The molecule has 3 heterocycles. The summed E-state index contributed by atoms with van der Waals surface area (Å²) in [6.07, 6.45) is 1.55. The maximum atomic E-state index is 12.2. The van der Waals surface area contributed by atoms with Gasteiger partial charge in [-0.1, -0.05) is 128 Å². The summed E-state index contributed by atoms with van der Waals surface area (Å²) in [5.41, 5.74) is 5.97. The number of hydrogen-bond donors (Lipinski definition) is 1. The smallest absolute Gasteiger partial charge is 0.354 e. The number of carbonyl (C=O) groups is 1. The molecule has 0 spiro atoms. The quantitative estimate of drug-likeness (QED) is 0.131. The topological polar surface area (TPSA) is 112 Å². The summed E-state index contributed by atoms with van der Waals surface area (Å²) in [6, 6.07) is 44.5. The zero-order valence-corrected chi connectivity index (χ0v) is 30.7. The molecule has 1 N–H and O–H groups in total. The maximum absolute atomic E-state index is 12.2. The highest BCUT2D eigenvalue weighted by atomic mass is 79.9. The van der Waals surface area contributed by atoms with Crippen molar-refractivity contribution in [2.45, 2.75) is 38.8 Å². The Hall–Kier alpha value is -6.13. The standard InChI is InChI=1S/C43H35BrN6O3/c1-3-15-37-45-28(2)39(42(51)52)49(37)27-29-24-25-36-35(26-29)38(44)40(53-36)33-22-13-14-23-34(33)41-46-48-50(47-41)43(30-16-7-4-8-17-30,31-18-9-5-10-19-31)32-20-11-6-12-21-32/h4-14,16-26H,3,15,27H2,1-2H3,(H,51,52). The minimum absolute atomic E-state index is 0.214. The molecule has 0 atom stereocenters. The van der Waals surface area contributed by atoms with Crippen molar-refractivity contribution in [1.82, 2.24) is 29.8 Å². The van der Waals surface area contributed by atoms with Crippen LogP contribution in [0.5, 0.6) is 0 Å². The lowest BCUT2D eigenvalue weighted by Gasteiger charge is -2.34. The van der Waals surface area contributed by atoms with Crippen LogP contribution in [0.4, 0.5) is 0 Å². The van der Waals surface area contributed by atoms with Crippen LogP contribution in [0.15, 0.2) is 142 Å². The fraction of sp³-hybridized carbons (Fsp3) is 0.140. The molecule has 0 unspecified atom stereocenters. The lowest BCUT2D eigenvalue weighted by atomic mass is 9.77. The normalized spacial score (nSPS) is 11.7. The zero-order chi connectivity index (χ0) is 36.5. The number of aromatic nitrogens is 6. The monoisotopic (exact) mass is 762 g/mol. The van der Waals surface area contributed by atoms with Crippen LogP contribution in [-0.4, -0.2) is 40.8 Å². The highest BCUT2D eigenvalue weighted by molar-refractivity contribution is 9.10. The van der Waals surface area contributed by atoms with E-state index in [1.807, 2.05) is 102 Å².